The standard InChI is InChI=1S/C19H31N7O4S2/c1-16-18(26(31(3,27)28)32(4,29)30)17(2)25(22-16)11-6-5-10-23-12-14-24(15-13-23)19-20-8-7-9-21-19/h7-9H,5-6,10-15H2,1-4H3. The number of hydrogen-bond acceptors (Lipinski definition) is 9. The molecule has 0 amide bonds. The molecule has 2 aromatic heterocycles. The zero-order valence-corrected chi connectivity index (χ0v) is 20.6. The normalized spacial score (nSPS) is 15.8. The third-order valence-electron chi connectivity index (χ3n) is 5.43. The maximum absolute atomic E-state index is 12.1. The summed E-state index contributed by atoms with van der Waals surface area (Å²) >= 11 is 0. The molecule has 1 fully saturated rings. The molecule has 0 aliphatic carbocycles. The van der Waals surface area contributed by atoms with E-state index in [-0.39, 0.29) is 5.69 Å². The molecule has 0 unspecified atom stereocenters. The van der Waals surface area contributed by atoms with Crippen LogP contribution < -0.4 is 8.61 Å². The third kappa shape index (κ3) is 5.75. The average Bonchev–Trinajstić information content (AvgIpc) is 2.98. The molecular formula is C19H31N7O4S2. The molecule has 1 saturated heterocycles. The lowest BCUT2D eigenvalue weighted by molar-refractivity contribution is 0.249. The van der Waals surface area contributed by atoms with E-state index in [9.17, 15) is 16.8 Å². The molecule has 0 aromatic carbocycles. The Labute approximate surface area is 190 Å². The van der Waals surface area contributed by atoms with Crippen molar-refractivity contribution in [3.63, 3.8) is 0 Å². The van der Waals surface area contributed by atoms with Crippen molar-refractivity contribution < 1.29 is 16.8 Å². The highest BCUT2D eigenvalue weighted by atomic mass is 32.3. The third-order valence-corrected chi connectivity index (χ3v) is 8.62. The summed E-state index contributed by atoms with van der Waals surface area (Å²) < 4.78 is 50.7. The van der Waals surface area contributed by atoms with Gasteiger partial charge in [0.05, 0.1) is 23.9 Å². The van der Waals surface area contributed by atoms with Gasteiger partial charge >= 0.3 is 0 Å². The number of rotatable bonds is 9. The molecule has 1 aliphatic heterocycles. The SMILES string of the molecule is Cc1nn(CCCCN2CCN(c3ncccn3)CC2)c(C)c1N(S(C)(=O)=O)S(C)(=O)=O. The van der Waals surface area contributed by atoms with Crippen molar-refractivity contribution in [3.8, 4) is 0 Å². The highest BCUT2D eigenvalue weighted by Gasteiger charge is 2.32. The summed E-state index contributed by atoms with van der Waals surface area (Å²) in [5, 5.41) is 4.40. The molecule has 0 atom stereocenters. The second-order valence-electron chi connectivity index (χ2n) is 8.05. The molecule has 13 heteroatoms. The predicted octanol–water partition coefficient (Wildman–Crippen LogP) is 0.618. The first-order chi connectivity index (χ1) is 15.0. The number of anilines is 2. The van der Waals surface area contributed by atoms with E-state index in [0.29, 0.717) is 21.6 Å². The smallest absolute Gasteiger partial charge is 0.245 e. The van der Waals surface area contributed by atoms with Crippen molar-refractivity contribution in [2.45, 2.75) is 33.2 Å². The maximum atomic E-state index is 12.1. The van der Waals surface area contributed by atoms with Gasteiger partial charge in [-0.05, 0) is 39.3 Å². The van der Waals surface area contributed by atoms with Crippen molar-refractivity contribution in [1.29, 1.82) is 0 Å². The van der Waals surface area contributed by atoms with Gasteiger partial charge in [-0.15, -0.1) is 0 Å². The summed E-state index contributed by atoms with van der Waals surface area (Å²) in [5.74, 6) is 0.768. The summed E-state index contributed by atoms with van der Waals surface area (Å²) in [7, 11) is -8.00. The van der Waals surface area contributed by atoms with Crippen molar-refractivity contribution in [2.24, 2.45) is 0 Å². The molecule has 2 aromatic rings. The second-order valence-corrected chi connectivity index (χ2v) is 11.9. The van der Waals surface area contributed by atoms with Crippen LogP contribution in [0.2, 0.25) is 0 Å². The van der Waals surface area contributed by atoms with Crippen molar-refractivity contribution in [1.82, 2.24) is 24.6 Å². The van der Waals surface area contributed by atoms with E-state index in [1.54, 1.807) is 30.9 Å². The minimum absolute atomic E-state index is 0.120. The molecule has 178 valence electrons. The number of unbranched alkanes of at least 4 members (excludes halogenated alkanes) is 1. The van der Waals surface area contributed by atoms with Gasteiger partial charge in [0, 0.05) is 45.1 Å². The van der Waals surface area contributed by atoms with E-state index < -0.39 is 20.0 Å². The van der Waals surface area contributed by atoms with E-state index >= 15 is 0 Å². The van der Waals surface area contributed by atoms with E-state index in [2.05, 4.69) is 24.9 Å². The first-order valence-electron chi connectivity index (χ1n) is 10.5. The zero-order valence-electron chi connectivity index (χ0n) is 19.0. The molecule has 3 heterocycles. The second kappa shape index (κ2) is 9.71. The molecule has 0 N–H and O–H groups in total. The summed E-state index contributed by atoms with van der Waals surface area (Å²) in [6.07, 6.45) is 7.08. The Kier molecular flexibility index (Phi) is 7.40. The first-order valence-corrected chi connectivity index (χ1v) is 14.2. The van der Waals surface area contributed by atoms with E-state index in [0.717, 1.165) is 64.0 Å². The summed E-state index contributed by atoms with van der Waals surface area (Å²) in [4.78, 5) is 13.2. The van der Waals surface area contributed by atoms with Crippen molar-refractivity contribution >= 4 is 31.7 Å². The number of piperazine rings is 1. The maximum Gasteiger partial charge on any atom is 0.245 e. The number of aryl methyl sites for hydroxylation is 2. The molecule has 0 bridgehead atoms. The predicted molar refractivity (Wildman–Crippen MR) is 124 cm³/mol. The highest BCUT2D eigenvalue weighted by Crippen LogP contribution is 2.29. The molecular weight excluding hydrogens is 454 g/mol. The largest absolute Gasteiger partial charge is 0.338 e. The molecule has 32 heavy (non-hydrogen) atoms. The van der Waals surface area contributed by atoms with Crippen LogP contribution >= 0.6 is 0 Å². The summed E-state index contributed by atoms with van der Waals surface area (Å²) in [6, 6.07) is 1.81. The van der Waals surface area contributed by atoms with Crippen LogP contribution in [0.4, 0.5) is 11.6 Å². The average molecular weight is 486 g/mol. The molecule has 0 spiro atoms. The van der Waals surface area contributed by atoms with Crippen LogP contribution in [0.3, 0.4) is 0 Å². The number of aromatic nitrogens is 4. The van der Waals surface area contributed by atoms with Crippen molar-refractivity contribution in [2.75, 3.05) is 53.8 Å². The lowest BCUT2D eigenvalue weighted by atomic mass is 10.2. The zero-order chi connectivity index (χ0) is 23.5. The Morgan fingerprint density at radius 1 is 0.906 bits per heavy atom. The fourth-order valence-electron chi connectivity index (χ4n) is 3.97. The molecule has 0 saturated carbocycles. The monoisotopic (exact) mass is 485 g/mol. The van der Waals surface area contributed by atoms with Gasteiger partial charge in [-0.25, -0.2) is 26.8 Å². The fraction of sp³-hybridized carbons (Fsp3) is 0.632. The van der Waals surface area contributed by atoms with Crippen LogP contribution in [-0.2, 0) is 26.6 Å². The molecule has 3 rings (SSSR count). The van der Waals surface area contributed by atoms with Gasteiger partial charge in [0.15, 0.2) is 0 Å². The Bertz CT molecular complexity index is 1090. The minimum atomic E-state index is -4.00. The number of hydrogen-bond donors (Lipinski definition) is 0. The van der Waals surface area contributed by atoms with Crippen LogP contribution in [0.25, 0.3) is 0 Å². The van der Waals surface area contributed by atoms with Crippen LogP contribution in [0.15, 0.2) is 18.5 Å². The first kappa shape index (κ1) is 24.4. The Morgan fingerprint density at radius 3 is 2.03 bits per heavy atom. The van der Waals surface area contributed by atoms with Gasteiger partial charge in [0.25, 0.3) is 0 Å². The van der Waals surface area contributed by atoms with Gasteiger partial charge in [-0.1, -0.05) is 0 Å². The fourth-order valence-corrected chi connectivity index (χ4v) is 7.13. The Hall–Kier alpha value is -2.25. The van der Waals surface area contributed by atoms with E-state index in [1.807, 2.05) is 6.07 Å². The molecule has 1 aliphatic rings. The van der Waals surface area contributed by atoms with Gasteiger partial charge in [0.2, 0.25) is 26.0 Å². The van der Waals surface area contributed by atoms with Crippen LogP contribution in [0.5, 0.6) is 0 Å². The summed E-state index contributed by atoms with van der Waals surface area (Å²) in [6.45, 7) is 8.53. The van der Waals surface area contributed by atoms with Gasteiger partial charge < -0.3 is 4.90 Å². The lowest BCUT2D eigenvalue weighted by Gasteiger charge is -2.34. The quantitative estimate of drug-likeness (QED) is 0.470. The lowest BCUT2D eigenvalue weighted by Crippen LogP contribution is -2.47. The van der Waals surface area contributed by atoms with E-state index in [4.69, 9.17) is 0 Å². The van der Waals surface area contributed by atoms with Gasteiger partial charge in [-0.2, -0.15) is 8.81 Å². The summed E-state index contributed by atoms with van der Waals surface area (Å²) in [5.41, 5.74) is 1.02. The number of sulfonamides is 2. The molecule has 11 nitrogen and oxygen atoms in total. The number of nitrogens with zero attached hydrogens (tertiary/aromatic N) is 7. The van der Waals surface area contributed by atoms with Crippen LogP contribution in [0, 0.1) is 13.8 Å². The Balaban J connectivity index is 1.54. The van der Waals surface area contributed by atoms with Gasteiger partial charge in [0.1, 0.15) is 5.69 Å². The van der Waals surface area contributed by atoms with Crippen LogP contribution in [0.1, 0.15) is 24.2 Å². The van der Waals surface area contributed by atoms with E-state index in [1.165, 1.54) is 0 Å². The molecule has 0 radical (unpaired) electrons. The van der Waals surface area contributed by atoms with Crippen LogP contribution in [-0.4, -0.2) is 86.7 Å². The minimum Gasteiger partial charge on any atom is -0.338 e. The topological polar surface area (TPSA) is 122 Å². The Morgan fingerprint density at radius 2 is 1.47 bits per heavy atom. The van der Waals surface area contributed by atoms with Gasteiger partial charge in [-0.3, -0.25) is 9.58 Å². The van der Waals surface area contributed by atoms with Crippen molar-refractivity contribution in [3.05, 3.63) is 29.8 Å². The highest BCUT2D eigenvalue weighted by molar-refractivity contribution is 8.09.